The third kappa shape index (κ3) is 3.23. The number of hydrogen-bond donors (Lipinski definition) is 1. The van der Waals surface area contributed by atoms with E-state index in [4.69, 9.17) is 5.73 Å². The molecular formula is C17H19F2N. The Morgan fingerprint density at radius 3 is 2.20 bits per heavy atom. The normalized spacial score (nSPS) is 12.4. The molecule has 2 aromatic carbocycles. The maximum atomic E-state index is 13.6. The van der Waals surface area contributed by atoms with Crippen LogP contribution in [0.4, 0.5) is 8.78 Å². The first-order valence-electron chi connectivity index (χ1n) is 6.72. The highest BCUT2D eigenvalue weighted by molar-refractivity contribution is 5.34. The summed E-state index contributed by atoms with van der Waals surface area (Å²) in [5, 5.41) is 0. The summed E-state index contributed by atoms with van der Waals surface area (Å²) in [6, 6.07) is 10.1. The zero-order valence-electron chi connectivity index (χ0n) is 11.8. The van der Waals surface area contributed by atoms with E-state index in [0.29, 0.717) is 18.4 Å². The topological polar surface area (TPSA) is 26.0 Å². The maximum Gasteiger partial charge on any atom is 0.162 e. The Morgan fingerprint density at radius 1 is 0.950 bits per heavy atom. The van der Waals surface area contributed by atoms with Gasteiger partial charge in [-0.3, -0.25) is 0 Å². The van der Waals surface area contributed by atoms with Crippen molar-refractivity contribution >= 4 is 0 Å². The molecule has 0 fully saturated rings. The van der Waals surface area contributed by atoms with Crippen molar-refractivity contribution in [3.8, 4) is 0 Å². The van der Waals surface area contributed by atoms with Crippen molar-refractivity contribution in [2.75, 3.05) is 0 Å². The first kappa shape index (κ1) is 14.7. The number of halogens is 2. The molecule has 0 amide bonds. The van der Waals surface area contributed by atoms with E-state index in [-0.39, 0.29) is 6.04 Å². The van der Waals surface area contributed by atoms with Crippen LogP contribution in [-0.2, 0) is 12.8 Å². The summed E-state index contributed by atoms with van der Waals surface area (Å²) in [7, 11) is 0. The first-order valence-corrected chi connectivity index (χ1v) is 6.72. The van der Waals surface area contributed by atoms with Gasteiger partial charge in [-0.15, -0.1) is 0 Å². The van der Waals surface area contributed by atoms with E-state index >= 15 is 0 Å². The number of nitrogens with two attached hydrogens (primary N) is 1. The third-order valence-electron chi connectivity index (χ3n) is 3.62. The first-order chi connectivity index (χ1) is 9.49. The van der Waals surface area contributed by atoms with E-state index in [1.165, 1.54) is 22.8 Å². The molecule has 0 spiro atoms. The summed E-state index contributed by atoms with van der Waals surface area (Å²) in [6.07, 6.45) is 0.992. The Bertz CT molecular complexity index is 588. The highest BCUT2D eigenvalue weighted by Gasteiger charge is 2.13. The maximum absolute atomic E-state index is 13.6. The molecular weight excluding hydrogens is 256 g/mol. The smallest absolute Gasteiger partial charge is 0.162 e. The fraction of sp³-hybridized carbons (Fsp3) is 0.294. The van der Waals surface area contributed by atoms with Crippen LogP contribution in [0.2, 0.25) is 0 Å². The van der Waals surface area contributed by atoms with Crippen LogP contribution < -0.4 is 5.73 Å². The van der Waals surface area contributed by atoms with E-state index in [9.17, 15) is 8.78 Å². The van der Waals surface area contributed by atoms with Crippen LogP contribution in [0.15, 0.2) is 36.4 Å². The number of aryl methyl sites for hydroxylation is 2. The van der Waals surface area contributed by atoms with Crippen LogP contribution in [0.5, 0.6) is 0 Å². The Morgan fingerprint density at radius 2 is 1.55 bits per heavy atom. The summed E-state index contributed by atoms with van der Waals surface area (Å²) in [5.41, 5.74) is 10.00. The van der Waals surface area contributed by atoms with Gasteiger partial charge in [0.25, 0.3) is 0 Å². The second-order valence-corrected chi connectivity index (χ2v) is 5.25. The molecule has 0 heterocycles. The molecule has 0 saturated carbocycles. The van der Waals surface area contributed by atoms with E-state index in [2.05, 4.69) is 0 Å². The van der Waals surface area contributed by atoms with Crippen LogP contribution in [0, 0.1) is 25.5 Å². The molecule has 1 nitrogen and oxygen atoms in total. The van der Waals surface area contributed by atoms with Crippen molar-refractivity contribution in [1.29, 1.82) is 0 Å². The van der Waals surface area contributed by atoms with E-state index in [1.807, 2.05) is 32.0 Å². The summed E-state index contributed by atoms with van der Waals surface area (Å²) in [4.78, 5) is 0. The van der Waals surface area contributed by atoms with Crippen LogP contribution in [-0.4, -0.2) is 6.04 Å². The van der Waals surface area contributed by atoms with Gasteiger partial charge in [-0.25, -0.2) is 8.78 Å². The van der Waals surface area contributed by atoms with Crippen LogP contribution in [0.3, 0.4) is 0 Å². The lowest BCUT2D eigenvalue weighted by atomic mass is 9.93. The van der Waals surface area contributed by atoms with Crippen LogP contribution in [0.1, 0.15) is 22.3 Å². The Kier molecular flexibility index (Phi) is 4.50. The largest absolute Gasteiger partial charge is 0.327 e. The standard InChI is InChI=1S/C17H19F2N/c1-11-5-3-6-12(2)15(11)10-14(20)9-13-7-4-8-16(18)17(13)19/h3-8,14H,9-10,20H2,1-2H3. The molecule has 0 aromatic heterocycles. The fourth-order valence-electron chi connectivity index (χ4n) is 2.49. The lowest BCUT2D eigenvalue weighted by molar-refractivity contribution is 0.492. The zero-order chi connectivity index (χ0) is 14.7. The van der Waals surface area contributed by atoms with E-state index in [0.717, 1.165) is 6.07 Å². The van der Waals surface area contributed by atoms with E-state index in [1.54, 1.807) is 6.07 Å². The van der Waals surface area contributed by atoms with Gasteiger partial charge in [-0.2, -0.15) is 0 Å². The summed E-state index contributed by atoms with van der Waals surface area (Å²) in [5.74, 6) is -1.61. The molecule has 0 aliphatic carbocycles. The van der Waals surface area contributed by atoms with Crippen LogP contribution in [0.25, 0.3) is 0 Å². The monoisotopic (exact) mass is 275 g/mol. The third-order valence-corrected chi connectivity index (χ3v) is 3.62. The van der Waals surface area contributed by atoms with Gasteiger partial charge in [-0.1, -0.05) is 30.3 Å². The van der Waals surface area contributed by atoms with Crippen LogP contribution >= 0.6 is 0 Å². The highest BCUT2D eigenvalue weighted by Crippen LogP contribution is 2.18. The molecule has 0 aliphatic heterocycles. The molecule has 2 N–H and O–H groups in total. The second-order valence-electron chi connectivity index (χ2n) is 5.25. The average molecular weight is 275 g/mol. The lowest BCUT2D eigenvalue weighted by Gasteiger charge is -2.16. The molecule has 3 heteroatoms. The molecule has 1 unspecified atom stereocenters. The molecule has 0 radical (unpaired) electrons. The summed E-state index contributed by atoms with van der Waals surface area (Å²) >= 11 is 0. The van der Waals surface area contributed by atoms with E-state index < -0.39 is 11.6 Å². The molecule has 0 aliphatic rings. The van der Waals surface area contributed by atoms with Crippen molar-refractivity contribution < 1.29 is 8.78 Å². The van der Waals surface area contributed by atoms with Crippen molar-refractivity contribution in [1.82, 2.24) is 0 Å². The van der Waals surface area contributed by atoms with Gasteiger partial charge < -0.3 is 5.73 Å². The fourth-order valence-corrected chi connectivity index (χ4v) is 2.49. The van der Waals surface area contributed by atoms with Crippen molar-refractivity contribution in [3.05, 3.63) is 70.3 Å². The molecule has 2 rings (SSSR count). The van der Waals surface area contributed by atoms with Gasteiger partial charge in [0.05, 0.1) is 0 Å². The van der Waals surface area contributed by atoms with Gasteiger partial charge >= 0.3 is 0 Å². The van der Waals surface area contributed by atoms with Crippen molar-refractivity contribution in [3.63, 3.8) is 0 Å². The highest BCUT2D eigenvalue weighted by atomic mass is 19.2. The minimum Gasteiger partial charge on any atom is -0.327 e. The number of rotatable bonds is 4. The number of benzene rings is 2. The van der Waals surface area contributed by atoms with Gasteiger partial charge in [0.1, 0.15) is 0 Å². The van der Waals surface area contributed by atoms with Gasteiger partial charge in [0.15, 0.2) is 11.6 Å². The number of hydrogen-bond acceptors (Lipinski definition) is 1. The quantitative estimate of drug-likeness (QED) is 0.904. The predicted octanol–water partition coefficient (Wildman–Crippen LogP) is 3.69. The van der Waals surface area contributed by atoms with Crippen molar-refractivity contribution in [2.24, 2.45) is 5.73 Å². The molecule has 0 bridgehead atoms. The van der Waals surface area contributed by atoms with Gasteiger partial charge in [0.2, 0.25) is 0 Å². The van der Waals surface area contributed by atoms with Gasteiger partial charge in [0, 0.05) is 6.04 Å². The summed E-state index contributed by atoms with van der Waals surface area (Å²) < 4.78 is 26.8. The lowest BCUT2D eigenvalue weighted by Crippen LogP contribution is -2.27. The van der Waals surface area contributed by atoms with Gasteiger partial charge in [-0.05, 0) is 55.0 Å². The molecule has 0 saturated heterocycles. The minimum absolute atomic E-state index is 0.230. The zero-order valence-corrected chi connectivity index (χ0v) is 11.8. The molecule has 106 valence electrons. The SMILES string of the molecule is Cc1cccc(C)c1CC(N)Cc1cccc(F)c1F. The van der Waals surface area contributed by atoms with Crippen molar-refractivity contribution in [2.45, 2.75) is 32.7 Å². The second kappa shape index (κ2) is 6.14. The molecule has 1 atom stereocenters. The summed E-state index contributed by atoms with van der Waals surface area (Å²) in [6.45, 7) is 4.08. The Hall–Kier alpha value is -1.74. The minimum atomic E-state index is -0.818. The molecule has 20 heavy (non-hydrogen) atoms. The Labute approximate surface area is 118 Å². The predicted molar refractivity (Wildman–Crippen MR) is 77.7 cm³/mol. The molecule has 2 aromatic rings. The average Bonchev–Trinajstić information content (AvgIpc) is 2.39. The Balaban J connectivity index is 2.13.